The van der Waals surface area contributed by atoms with E-state index < -0.39 is 0 Å². The van der Waals surface area contributed by atoms with Gasteiger partial charge in [0.2, 0.25) is 11.8 Å². The van der Waals surface area contributed by atoms with E-state index in [4.69, 9.17) is 4.74 Å². The van der Waals surface area contributed by atoms with Crippen molar-refractivity contribution in [2.24, 2.45) is 0 Å². The zero-order valence-corrected chi connectivity index (χ0v) is 13.8. The van der Waals surface area contributed by atoms with Gasteiger partial charge in [0.1, 0.15) is 6.10 Å². The van der Waals surface area contributed by atoms with Crippen LogP contribution in [0.2, 0.25) is 0 Å². The summed E-state index contributed by atoms with van der Waals surface area (Å²) in [4.78, 5) is 26.0. The predicted octanol–water partition coefficient (Wildman–Crippen LogP) is 1.28. The van der Waals surface area contributed by atoms with Crippen molar-refractivity contribution >= 4 is 11.8 Å². The number of likely N-dealkylation sites (tertiary alicyclic amines) is 1. The third kappa shape index (κ3) is 4.76. The van der Waals surface area contributed by atoms with Crippen molar-refractivity contribution in [1.82, 2.24) is 20.4 Å². The number of hydrogen-bond acceptors (Lipinski definition) is 5. The van der Waals surface area contributed by atoms with Crippen LogP contribution in [0.15, 0.2) is 48.7 Å². The average molecular weight is 340 g/mol. The minimum Gasteiger partial charge on any atom is -0.473 e. The van der Waals surface area contributed by atoms with Crippen LogP contribution in [-0.2, 0) is 4.79 Å². The lowest BCUT2D eigenvalue weighted by molar-refractivity contribution is -0.131. The van der Waals surface area contributed by atoms with Gasteiger partial charge in [-0.1, -0.05) is 18.2 Å². The molecule has 1 aromatic heterocycles. The molecular formula is C18H20N4O3. The van der Waals surface area contributed by atoms with Gasteiger partial charge in [-0.3, -0.25) is 9.59 Å². The summed E-state index contributed by atoms with van der Waals surface area (Å²) in [7, 11) is 0. The molecule has 130 valence electrons. The number of carbonyl (C=O) groups excluding carboxylic acids is 2. The zero-order valence-electron chi connectivity index (χ0n) is 13.8. The molecule has 0 aliphatic carbocycles. The van der Waals surface area contributed by atoms with Gasteiger partial charge < -0.3 is 15.0 Å². The molecule has 0 saturated carbocycles. The van der Waals surface area contributed by atoms with Crippen LogP contribution in [-0.4, -0.2) is 52.6 Å². The predicted molar refractivity (Wildman–Crippen MR) is 91.0 cm³/mol. The Morgan fingerprint density at radius 3 is 2.56 bits per heavy atom. The monoisotopic (exact) mass is 340 g/mol. The number of hydrogen-bond donors (Lipinski definition) is 1. The number of rotatable bonds is 5. The molecule has 7 heteroatoms. The van der Waals surface area contributed by atoms with Gasteiger partial charge >= 0.3 is 0 Å². The molecule has 1 N–H and O–H groups in total. The van der Waals surface area contributed by atoms with E-state index in [1.54, 1.807) is 47.5 Å². The van der Waals surface area contributed by atoms with Gasteiger partial charge in [0.15, 0.2) is 0 Å². The Hall–Kier alpha value is -2.96. The van der Waals surface area contributed by atoms with E-state index in [1.807, 2.05) is 6.07 Å². The Balaban J connectivity index is 1.42. The molecule has 1 fully saturated rings. The molecule has 7 nitrogen and oxygen atoms in total. The molecule has 0 radical (unpaired) electrons. The number of amides is 2. The van der Waals surface area contributed by atoms with Crippen molar-refractivity contribution in [1.29, 1.82) is 0 Å². The lowest BCUT2D eigenvalue weighted by atomic mass is 10.1. The molecule has 25 heavy (non-hydrogen) atoms. The van der Waals surface area contributed by atoms with Crippen LogP contribution in [0.25, 0.3) is 0 Å². The van der Waals surface area contributed by atoms with Gasteiger partial charge in [0.25, 0.3) is 5.91 Å². The quantitative estimate of drug-likeness (QED) is 0.886. The first-order valence-corrected chi connectivity index (χ1v) is 8.28. The minimum absolute atomic E-state index is 0.00339. The van der Waals surface area contributed by atoms with Gasteiger partial charge in [-0.05, 0) is 18.2 Å². The summed E-state index contributed by atoms with van der Waals surface area (Å²) in [6.07, 6.45) is 3.08. The van der Waals surface area contributed by atoms with E-state index in [9.17, 15) is 9.59 Å². The molecule has 1 saturated heterocycles. The van der Waals surface area contributed by atoms with Crippen LogP contribution in [0, 0.1) is 0 Å². The Kier molecular flexibility index (Phi) is 5.56. The summed E-state index contributed by atoms with van der Waals surface area (Å²) in [5, 5.41) is 10.4. The van der Waals surface area contributed by atoms with E-state index in [0.29, 0.717) is 24.5 Å². The van der Waals surface area contributed by atoms with E-state index in [-0.39, 0.29) is 24.5 Å². The molecule has 1 aliphatic rings. The number of piperidine rings is 1. The van der Waals surface area contributed by atoms with Gasteiger partial charge in [0, 0.05) is 43.8 Å². The maximum atomic E-state index is 12.2. The maximum Gasteiger partial charge on any atom is 0.251 e. The summed E-state index contributed by atoms with van der Waals surface area (Å²) in [5.74, 6) is 0.180. The van der Waals surface area contributed by atoms with Gasteiger partial charge in [0.05, 0.1) is 6.54 Å². The first kappa shape index (κ1) is 16.9. The molecule has 1 aromatic carbocycles. The average Bonchev–Trinajstić information content (AvgIpc) is 2.68. The topological polar surface area (TPSA) is 84.4 Å². The fraction of sp³-hybridized carbons (Fsp3) is 0.333. The highest BCUT2D eigenvalue weighted by atomic mass is 16.5. The maximum absolute atomic E-state index is 12.2. The Labute approximate surface area is 146 Å². The first-order chi connectivity index (χ1) is 12.2. The molecule has 3 rings (SSSR count). The highest BCUT2D eigenvalue weighted by Gasteiger charge is 2.24. The molecule has 0 unspecified atom stereocenters. The SMILES string of the molecule is O=C(NCC(=O)N1CCC(Oc2cccnn2)CC1)c1ccccc1. The number of nitrogens with one attached hydrogen (secondary N) is 1. The van der Waals surface area contributed by atoms with Gasteiger partial charge in [-0.2, -0.15) is 5.10 Å². The summed E-state index contributed by atoms with van der Waals surface area (Å²) in [6.45, 7) is 1.21. The molecule has 1 aliphatic heterocycles. The fourth-order valence-electron chi connectivity index (χ4n) is 2.70. The standard InChI is InChI=1S/C18H20N4O3/c23-17(13-19-18(24)14-5-2-1-3-6-14)22-11-8-15(9-12-22)25-16-7-4-10-20-21-16/h1-7,10,15H,8-9,11-13H2,(H,19,24). The second kappa shape index (κ2) is 8.23. The third-order valence-corrected chi connectivity index (χ3v) is 4.07. The molecule has 2 aromatic rings. The molecule has 2 amide bonds. The summed E-state index contributed by atoms with van der Waals surface area (Å²) >= 11 is 0. The van der Waals surface area contributed by atoms with E-state index in [2.05, 4.69) is 15.5 Å². The fourth-order valence-corrected chi connectivity index (χ4v) is 2.70. The van der Waals surface area contributed by atoms with E-state index in [1.165, 1.54) is 0 Å². The van der Waals surface area contributed by atoms with E-state index >= 15 is 0 Å². The van der Waals surface area contributed by atoms with Gasteiger partial charge in [-0.25, -0.2) is 0 Å². The second-order valence-corrected chi connectivity index (χ2v) is 5.81. The molecule has 0 spiro atoms. The normalized spacial score (nSPS) is 14.8. The number of aromatic nitrogens is 2. The molecular weight excluding hydrogens is 320 g/mol. The Morgan fingerprint density at radius 2 is 1.88 bits per heavy atom. The summed E-state index contributed by atoms with van der Waals surface area (Å²) < 4.78 is 5.76. The number of nitrogens with zero attached hydrogens (tertiary/aromatic N) is 3. The van der Waals surface area contributed by atoms with Crippen molar-refractivity contribution in [3.63, 3.8) is 0 Å². The number of carbonyl (C=O) groups is 2. The van der Waals surface area contributed by atoms with Crippen LogP contribution < -0.4 is 10.1 Å². The van der Waals surface area contributed by atoms with Crippen LogP contribution in [0.4, 0.5) is 0 Å². The largest absolute Gasteiger partial charge is 0.473 e. The van der Waals surface area contributed by atoms with Crippen molar-refractivity contribution in [2.75, 3.05) is 19.6 Å². The summed E-state index contributed by atoms with van der Waals surface area (Å²) in [5.41, 5.74) is 0.548. The second-order valence-electron chi connectivity index (χ2n) is 5.81. The molecule has 0 bridgehead atoms. The molecule has 2 heterocycles. The highest BCUT2D eigenvalue weighted by molar-refractivity contribution is 5.96. The lowest BCUT2D eigenvalue weighted by Gasteiger charge is -2.31. The van der Waals surface area contributed by atoms with Crippen LogP contribution in [0.1, 0.15) is 23.2 Å². The van der Waals surface area contributed by atoms with E-state index in [0.717, 1.165) is 12.8 Å². The smallest absolute Gasteiger partial charge is 0.251 e. The Bertz CT molecular complexity index is 701. The number of benzene rings is 1. The van der Waals surface area contributed by atoms with Crippen molar-refractivity contribution in [3.05, 3.63) is 54.2 Å². The highest BCUT2D eigenvalue weighted by Crippen LogP contribution is 2.16. The van der Waals surface area contributed by atoms with Crippen molar-refractivity contribution in [2.45, 2.75) is 18.9 Å². The van der Waals surface area contributed by atoms with Crippen LogP contribution in [0.5, 0.6) is 5.88 Å². The molecule has 0 atom stereocenters. The van der Waals surface area contributed by atoms with Crippen molar-refractivity contribution < 1.29 is 14.3 Å². The first-order valence-electron chi connectivity index (χ1n) is 8.28. The van der Waals surface area contributed by atoms with Crippen LogP contribution in [0.3, 0.4) is 0 Å². The minimum atomic E-state index is -0.241. The van der Waals surface area contributed by atoms with Gasteiger partial charge in [-0.15, -0.1) is 5.10 Å². The van der Waals surface area contributed by atoms with Crippen LogP contribution >= 0.6 is 0 Å². The lowest BCUT2D eigenvalue weighted by Crippen LogP contribution is -2.46. The zero-order chi connectivity index (χ0) is 17.5. The third-order valence-electron chi connectivity index (χ3n) is 4.07. The summed E-state index contributed by atoms with van der Waals surface area (Å²) in [6, 6.07) is 12.4. The van der Waals surface area contributed by atoms with Crippen molar-refractivity contribution in [3.8, 4) is 5.88 Å². The number of ether oxygens (including phenoxy) is 1. The Morgan fingerprint density at radius 1 is 1.12 bits per heavy atom.